The molecule has 0 aromatic heterocycles. The van der Waals surface area contributed by atoms with Gasteiger partial charge in [0.1, 0.15) is 5.92 Å². The lowest BCUT2D eigenvalue weighted by Gasteiger charge is -2.15. The molecule has 2 heterocycles. The van der Waals surface area contributed by atoms with E-state index < -0.39 is 29.8 Å². The molecule has 0 radical (unpaired) electrons. The summed E-state index contributed by atoms with van der Waals surface area (Å²) in [5, 5.41) is 3.57. The Morgan fingerprint density at radius 2 is 1.91 bits per heavy atom. The SMILES string of the molecule is CCOC(=O)C1=NOC2C(=O)N(c3ccc(CC)cc3)C(=O)C12. The van der Waals surface area contributed by atoms with Crippen molar-refractivity contribution in [3.8, 4) is 0 Å². The van der Waals surface area contributed by atoms with Crippen LogP contribution in [-0.2, 0) is 30.4 Å². The van der Waals surface area contributed by atoms with Crippen LogP contribution < -0.4 is 4.90 Å². The van der Waals surface area contributed by atoms with Gasteiger partial charge in [-0.2, -0.15) is 0 Å². The third kappa shape index (κ3) is 2.38. The van der Waals surface area contributed by atoms with Gasteiger partial charge in [-0.15, -0.1) is 0 Å². The predicted octanol–water partition coefficient (Wildman–Crippen LogP) is 1.06. The van der Waals surface area contributed by atoms with Gasteiger partial charge in [0.25, 0.3) is 5.91 Å². The molecule has 1 aromatic rings. The van der Waals surface area contributed by atoms with Crippen LogP contribution in [0.1, 0.15) is 19.4 Å². The highest BCUT2D eigenvalue weighted by molar-refractivity contribution is 6.46. The number of oxime groups is 1. The van der Waals surface area contributed by atoms with Crippen LogP contribution >= 0.6 is 0 Å². The average molecular weight is 316 g/mol. The molecule has 1 saturated heterocycles. The minimum Gasteiger partial charge on any atom is -0.461 e. The molecule has 0 spiro atoms. The number of amides is 2. The largest absolute Gasteiger partial charge is 0.461 e. The van der Waals surface area contributed by atoms with Crippen molar-refractivity contribution in [2.24, 2.45) is 11.1 Å². The van der Waals surface area contributed by atoms with Crippen LogP contribution in [0.3, 0.4) is 0 Å². The lowest BCUT2D eigenvalue weighted by atomic mass is 10.00. The van der Waals surface area contributed by atoms with Crippen LogP contribution in [0.15, 0.2) is 29.4 Å². The number of ether oxygens (including phenoxy) is 1. The molecule has 7 heteroatoms. The first-order valence-electron chi connectivity index (χ1n) is 7.46. The van der Waals surface area contributed by atoms with E-state index in [1.165, 1.54) is 0 Å². The number of rotatable bonds is 4. The summed E-state index contributed by atoms with van der Waals surface area (Å²) in [6.07, 6.45) is -0.233. The lowest BCUT2D eigenvalue weighted by molar-refractivity contribution is -0.136. The molecule has 3 rings (SSSR count). The molecule has 2 aliphatic rings. The first-order valence-corrected chi connectivity index (χ1v) is 7.46. The van der Waals surface area contributed by atoms with Crippen LogP contribution in [0, 0.1) is 5.92 Å². The first kappa shape index (κ1) is 15.2. The number of imide groups is 1. The third-order valence-corrected chi connectivity index (χ3v) is 3.90. The number of nitrogens with zero attached hydrogens (tertiary/aromatic N) is 2. The second-order valence-electron chi connectivity index (χ2n) is 5.23. The molecule has 7 nitrogen and oxygen atoms in total. The van der Waals surface area contributed by atoms with E-state index in [1.54, 1.807) is 19.1 Å². The van der Waals surface area contributed by atoms with Crippen molar-refractivity contribution in [3.63, 3.8) is 0 Å². The van der Waals surface area contributed by atoms with E-state index in [1.807, 2.05) is 19.1 Å². The number of carbonyl (C=O) groups excluding carboxylic acids is 3. The van der Waals surface area contributed by atoms with Gasteiger partial charge in [-0.1, -0.05) is 24.2 Å². The number of carbonyl (C=O) groups is 3. The highest BCUT2D eigenvalue weighted by Crippen LogP contribution is 2.33. The van der Waals surface area contributed by atoms with E-state index in [0.717, 1.165) is 16.9 Å². The van der Waals surface area contributed by atoms with Crippen molar-refractivity contribution < 1.29 is 24.0 Å². The Hall–Kier alpha value is -2.70. The molecule has 2 atom stereocenters. The monoisotopic (exact) mass is 316 g/mol. The fraction of sp³-hybridized carbons (Fsp3) is 0.375. The van der Waals surface area contributed by atoms with Gasteiger partial charge in [0.05, 0.1) is 12.3 Å². The van der Waals surface area contributed by atoms with Crippen LogP contribution in [0.5, 0.6) is 0 Å². The molecule has 0 bridgehead atoms. The topological polar surface area (TPSA) is 85.3 Å². The summed E-state index contributed by atoms with van der Waals surface area (Å²) in [4.78, 5) is 42.9. The first-order chi connectivity index (χ1) is 11.1. The van der Waals surface area contributed by atoms with Gasteiger partial charge in [-0.05, 0) is 31.0 Å². The van der Waals surface area contributed by atoms with Gasteiger partial charge in [0.2, 0.25) is 12.0 Å². The number of aryl methyl sites for hydroxylation is 1. The molecule has 2 amide bonds. The molecule has 1 fully saturated rings. The number of fused-ring (bicyclic) bond motifs is 1. The number of benzene rings is 1. The maximum absolute atomic E-state index is 12.6. The predicted molar refractivity (Wildman–Crippen MR) is 80.7 cm³/mol. The summed E-state index contributed by atoms with van der Waals surface area (Å²) in [6, 6.07) is 7.12. The van der Waals surface area contributed by atoms with Gasteiger partial charge in [0, 0.05) is 0 Å². The fourth-order valence-corrected chi connectivity index (χ4v) is 2.69. The van der Waals surface area contributed by atoms with Gasteiger partial charge in [-0.3, -0.25) is 9.59 Å². The molecule has 0 N–H and O–H groups in total. The number of anilines is 1. The highest BCUT2D eigenvalue weighted by atomic mass is 16.7. The van der Waals surface area contributed by atoms with E-state index in [9.17, 15) is 14.4 Å². The third-order valence-electron chi connectivity index (χ3n) is 3.90. The van der Waals surface area contributed by atoms with E-state index in [-0.39, 0.29) is 12.3 Å². The maximum atomic E-state index is 12.6. The maximum Gasteiger partial charge on any atom is 0.357 e. The van der Waals surface area contributed by atoms with Gasteiger partial charge in [-0.25, -0.2) is 9.69 Å². The zero-order valence-electron chi connectivity index (χ0n) is 12.8. The van der Waals surface area contributed by atoms with E-state index >= 15 is 0 Å². The quantitative estimate of drug-likeness (QED) is 0.612. The summed E-state index contributed by atoms with van der Waals surface area (Å²) in [5.74, 6) is -2.81. The van der Waals surface area contributed by atoms with Crippen molar-refractivity contribution in [3.05, 3.63) is 29.8 Å². The Balaban J connectivity index is 1.88. The second kappa shape index (κ2) is 5.83. The van der Waals surface area contributed by atoms with Crippen molar-refractivity contribution in [1.29, 1.82) is 0 Å². The Morgan fingerprint density at radius 1 is 1.22 bits per heavy atom. The fourth-order valence-electron chi connectivity index (χ4n) is 2.69. The van der Waals surface area contributed by atoms with E-state index in [0.29, 0.717) is 5.69 Å². The highest BCUT2D eigenvalue weighted by Gasteiger charge is 2.58. The Kier molecular flexibility index (Phi) is 3.85. The Morgan fingerprint density at radius 3 is 2.52 bits per heavy atom. The molecule has 2 aliphatic heterocycles. The molecule has 23 heavy (non-hydrogen) atoms. The van der Waals surface area contributed by atoms with Crippen molar-refractivity contribution in [2.75, 3.05) is 11.5 Å². The normalized spacial score (nSPS) is 22.7. The number of hydrogen-bond donors (Lipinski definition) is 0. The van der Waals surface area contributed by atoms with Crippen molar-refractivity contribution in [2.45, 2.75) is 26.4 Å². The summed E-state index contributed by atoms with van der Waals surface area (Å²) in [5.41, 5.74) is 1.40. The zero-order valence-corrected chi connectivity index (χ0v) is 12.8. The minimum absolute atomic E-state index is 0.150. The second-order valence-corrected chi connectivity index (χ2v) is 5.23. The van der Waals surface area contributed by atoms with Gasteiger partial charge >= 0.3 is 5.97 Å². The summed E-state index contributed by atoms with van der Waals surface area (Å²) < 4.78 is 4.86. The van der Waals surface area contributed by atoms with Gasteiger partial charge in [0.15, 0.2) is 5.71 Å². The molecular formula is C16H16N2O5. The smallest absolute Gasteiger partial charge is 0.357 e. The molecule has 0 aliphatic carbocycles. The zero-order chi connectivity index (χ0) is 16.6. The van der Waals surface area contributed by atoms with Crippen LogP contribution in [0.25, 0.3) is 0 Å². The Bertz CT molecular complexity index is 695. The number of esters is 1. The van der Waals surface area contributed by atoms with Crippen LogP contribution in [0.4, 0.5) is 5.69 Å². The van der Waals surface area contributed by atoms with Crippen LogP contribution in [-0.4, -0.2) is 36.2 Å². The molecule has 1 aromatic carbocycles. The summed E-state index contributed by atoms with van der Waals surface area (Å²) in [7, 11) is 0. The van der Waals surface area contributed by atoms with E-state index in [2.05, 4.69) is 5.16 Å². The summed E-state index contributed by atoms with van der Waals surface area (Å²) in [6.45, 7) is 3.82. The van der Waals surface area contributed by atoms with Crippen LogP contribution in [0.2, 0.25) is 0 Å². The standard InChI is InChI=1S/C16H16N2O5/c1-3-9-5-7-10(8-6-9)18-14(19)11-12(16(21)22-4-2)17-23-13(11)15(18)20/h5-8,11,13H,3-4H2,1-2H3. The Labute approximate surface area is 132 Å². The van der Waals surface area contributed by atoms with Crippen molar-refractivity contribution in [1.82, 2.24) is 0 Å². The summed E-state index contributed by atoms with van der Waals surface area (Å²) >= 11 is 0. The molecule has 120 valence electrons. The van der Waals surface area contributed by atoms with E-state index in [4.69, 9.17) is 9.57 Å². The minimum atomic E-state index is -1.09. The van der Waals surface area contributed by atoms with Crippen molar-refractivity contribution >= 4 is 29.2 Å². The number of hydrogen-bond acceptors (Lipinski definition) is 6. The molecular weight excluding hydrogens is 300 g/mol. The average Bonchev–Trinajstić information content (AvgIpc) is 3.09. The lowest BCUT2D eigenvalue weighted by Crippen LogP contribution is -2.35. The molecule has 2 unspecified atom stereocenters. The van der Waals surface area contributed by atoms with Gasteiger partial charge < -0.3 is 9.57 Å². The molecule has 0 saturated carbocycles.